The maximum atomic E-state index is 13.0. The zero-order chi connectivity index (χ0) is 50.6. The second-order valence-corrected chi connectivity index (χ2v) is 24.0. The predicted molar refractivity (Wildman–Crippen MR) is 279 cm³/mol. The lowest BCUT2D eigenvalue weighted by Crippen LogP contribution is -2.62. The molecule has 2 aliphatic heterocycles. The molecule has 10 heteroatoms. The average Bonchev–Trinajstić information content (AvgIpc) is 3.22. The van der Waals surface area contributed by atoms with E-state index in [0.29, 0.717) is 38.5 Å². The molecule has 0 saturated carbocycles. The van der Waals surface area contributed by atoms with Gasteiger partial charge in [0.1, 0.15) is 12.2 Å². The van der Waals surface area contributed by atoms with Crippen LogP contribution in [0.15, 0.2) is 0 Å². The Kier molecular flexibility index (Phi) is 29.8. The van der Waals surface area contributed by atoms with E-state index in [1.807, 2.05) is 55.4 Å². The Morgan fingerprint density at radius 1 is 0.397 bits per heavy atom. The van der Waals surface area contributed by atoms with Gasteiger partial charge in [-0.25, -0.2) is 0 Å². The molecule has 0 aromatic rings. The molecule has 0 spiro atoms. The first kappa shape index (κ1) is 61.9. The van der Waals surface area contributed by atoms with Crippen molar-refractivity contribution in [1.82, 2.24) is 10.1 Å². The molecule has 68 heavy (non-hydrogen) atoms. The second kappa shape index (κ2) is 32.7. The largest absolute Gasteiger partial charge is 0.462 e. The molecule has 398 valence electrons. The van der Waals surface area contributed by atoms with E-state index in [2.05, 4.69) is 13.8 Å². The molecule has 2 unspecified atom stereocenters. The van der Waals surface area contributed by atoms with Gasteiger partial charge in [-0.1, -0.05) is 181 Å². The maximum absolute atomic E-state index is 13.0. The van der Waals surface area contributed by atoms with Gasteiger partial charge in [0.25, 0.3) is 0 Å². The summed E-state index contributed by atoms with van der Waals surface area (Å²) in [6.07, 6.45) is 38.7. The fraction of sp³-hybridized carbons (Fsp3) is 0.931. The number of rotatable bonds is 37. The van der Waals surface area contributed by atoms with Crippen molar-refractivity contribution in [1.29, 1.82) is 0 Å². The van der Waals surface area contributed by atoms with Crippen molar-refractivity contribution < 1.29 is 38.3 Å². The Labute approximate surface area is 418 Å². The molecule has 0 aliphatic carbocycles. The summed E-state index contributed by atoms with van der Waals surface area (Å²) in [4.78, 5) is 60.8. The van der Waals surface area contributed by atoms with Crippen LogP contribution in [0, 0.1) is 11.8 Å². The molecule has 2 rings (SSSR count). The zero-order valence-corrected chi connectivity index (χ0v) is 46.5. The highest BCUT2D eigenvalue weighted by molar-refractivity contribution is 5.70. The van der Waals surface area contributed by atoms with E-state index in [1.54, 1.807) is 10.1 Å². The van der Waals surface area contributed by atoms with Crippen LogP contribution in [0.1, 0.15) is 301 Å². The second-order valence-electron chi connectivity index (χ2n) is 24.0. The topological polar surface area (TPSA) is 112 Å². The van der Waals surface area contributed by atoms with E-state index in [1.165, 1.54) is 168 Å². The van der Waals surface area contributed by atoms with Crippen LogP contribution in [0.3, 0.4) is 0 Å². The number of hydrogen-bond donors (Lipinski definition) is 0. The number of hydrogen-bond acceptors (Lipinski definition) is 10. The third-order valence-corrected chi connectivity index (χ3v) is 15.1. The van der Waals surface area contributed by atoms with Crippen molar-refractivity contribution in [3.05, 3.63) is 0 Å². The molecule has 0 aromatic heterocycles. The van der Waals surface area contributed by atoms with Gasteiger partial charge in [-0.2, -0.15) is 0 Å². The smallest absolute Gasteiger partial charge is 0.322 e. The molecule has 2 saturated heterocycles. The number of carbonyl (C=O) groups is 4. The van der Waals surface area contributed by atoms with E-state index in [0.717, 1.165) is 37.5 Å². The molecule has 0 N–H and O–H groups in total. The van der Waals surface area contributed by atoms with Gasteiger partial charge in [0.15, 0.2) is 0 Å². The van der Waals surface area contributed by atoms with Crippen molar-refractivity contribution in [3.8, 4) is 0 Å². The molecule has 2 atom stereocenters. The van der Waals surface area contributed by atoms with Crippen LogP contribution in [0.4, 0.5) is 0 Å². The fourth-order valence-corrected chi connectivity index (χ4v) is 12.1. The molecular formula is C58H108N2O8. The summed E-state index contributed by atoms with van der Waals surface area (Å²) in [7, 11) is 0. The van der Waals surface area contributed by atoms with E-state index < -0.39 is 22.2 Å². The Balaban J connectivity index is 1.88. The number of ether oxygens (including phenoxy) is 2. The third-order valence-electron chi connectivity index (χ3n) is 15.1. The predicted octanol–water partition coefficient (Wildman–Crippen LogP) is 16.0. The van der Waals surface area contributed by atoms with Gasteiger partial charge in [-0.05, 0) is 80.1 Å². The quantitative estimate of drug-likeness (QED) is 0.0441. The monoisotopic (exact) mass is 961 g/mol. The Hall–Kier alpha value is -2.20. The fourth-order valence-electron chi connectivity index (χ4n) is 12.1. The summed E-state index contributed by atoms with van der Waals surface area (Å²) in [5, 5.41) is 3.58. The van der Waals surface area contributed by atoms with E-state index in [4.69, 9.17) is 19.1 Å². The number of piperidine rings is 2. The summed E-state index contributed by atoms with van der Waals surface area (Å²) in [5.74, 6) is 0.737. The number of hydroxylamine groups is 4. The van der Waals surface area contributed by atoms with Gasteiger partial charge in [0.2, 0.25) is 0 Å². The van der Waals surface area contributed by atoms with Gasteiger partial charge >= 0.3 is 23.9 Å². The van der Waals surface area contributed by atoms with Gasteiger partial charge in [-0.15, -0.1) is 10.1 Å². The summed E-state index contributed by atoms with van der Waals surface area (Å²) < 4.78 is 12.0. The lowest BCUT2D eigenvalue weighted by atomic mass is 9.78. The molecule has 0 amide bonds. The minimum Gasteiger partial charge on any atom is -0.462 e. The van der Waals surface area contributed by atoms with E-state index >= 15 is 0 Å². The van der Waals surface area contributed by atoms with E-state index in [-0.39, 0.29) is 36.1 Å². The van der Waals surface area contributed by atoms with Crippen molar-refractivity contribution in [2.45, 2.75) is 336 Å². The van der Waals surface area contributed by atoms with Crippen LogP contribution in [0.25, 0.3) is 0 Å². The number of unbranched alkanes of at least 4 members (excludes halogenated alkanes) is 20. The molecule has 2 heterocycles. The van der Waals surface area contributed by atoms with Crippen molar-refractivity contribution in [3.63, 3.8) is 0 Å². The summed E-state index contributed by atoms with van der Waals surface area (Å²) in [6, 6.07) is 0. The van der Waals surface area contributed by atoms with Crippen LogP contribution < -0.4 is 0 Å². The lowest BCUT2D eigenvalue weighted by Gasteiger charge is -2.52. The highest BCUT2D eigenvalue weighted by atomic mass is 16.7. The first-order valence-corrected chi connectivity index (χ1v) is 28.5. The minimum atomic E-state index is -0.427. The minimum absolute atomic E-state index is 0.104. The molecule has 10 nitrogen and oxygen atoms in total. The van der Waals surface area contributed by atoms with Gasteiger partial charge in [-0.3, -0.25) is 19.2 Å². The van der Waals surface area contributed by atoms with E-state index in [9.17, 15) is 19.2 Å². The Bertz CT molecular complexity index is 1270. The molecule has 0 bridgehead atoms. The van der Waals surface area contributed by atoms with Crippen LogP contribution in [0.5, 0.6) is 0 Å². The lowest BCUT2D eigenvalue weighted by molar-refractivity contribution is -0.276. The Morgan fingerprint density at radius 2 is 0.632 bits per heavy atom. The first-order chi connectivity index (χ1) is 32.1. The third kappa shape index (κ3) is 25.3. The average molecular weight is 962 g/mol. The highest BCUT2D eigenvalue weighted by Gasteiger charge is 2.50. The molecule has 0 radical (unpaired) electrons. The van der Waals surface area contributed by atoms with Crippen LogP contribution in [0.2, 0.25) is 0 Å². The summed E-state index contributed by atoms with van der Waals surface area (Å²) in [6.45, 7) is 23.8. The van der Waals surface area contributed by atoms with Crippen LogP contribution >= 0.6 is 0 Å². The van der Waals surface area contributed by atoms with Gasteiger partial charge in [0, 0.05) is 52.4 Å². The van der Waals surface area contributed by atoms with Crippen molar-refractivity contribution in [2.75, 3.05) is 0 Å². The highest BCUT2D eigenvalue weighted by Crippen LogP contribution is 2.42. The maximum Gasteiger partial charge on any atom is 0.322 e. The normalized spacial score (nSPS) is 19.3. The summed E-state index contributed by atoms with van der Waals surface area (Å²) in [5.41, 5.74) is -1.71. The molecule has 0 aromatic carbocycles. The van der Waals surface area contributed by atoms with Gasteiger partial charge < -0.3 is 19.1 Å². The zero-order valence-electron chi connectivity index (χ0n) is 46.5. The molecular weight excluding hydrogens is 853 g/mol. The SMILES string of the molecule is CCCCCCCCCC(CCCCCCCC(=O)OC1CC(C)(C)N(OC(C)=O)C(C)(C)C1)C(CCCCCCCCC)CCCCCCCC(=O)OC1CC(C)(C)N(OC(C)=O)C(C)(C)C1. The van der Waals surface area contributed by atoms with Gasteiger partial charge in [0.05, 0.1) is 22.2 Å². The first-order valence-electron chi connectivity index (χ1n) is 28.5. The number of carbonyl (C=O) groups excluding carboxylic acids is 4. The summed E-state index contributed by atoms with van der Waals surface area (Å²) >= 11 is 0. The standard InChI is InChI=1S/C58H108N2O8/c1-13-15-17-19-21-25-31-37-49(39-33-27-23-29-35-41-53(63)65-51-43-55(5,6)59(67-47(3)61)56(7,8)44-51)50(38-32-26-22-20-18-16-14-2)40-34-28-24-30-36-42-54(64)66-52-45-57(9,10)60(68-48(4)62)58(11,12)46-52/h49-52H,13-46H2,1-12H3. The van der Waals surface area contributed by atoms with Crippen molar-refractivity contribution >= 4 is 23.9 Å². The molecule has 2 fully saturated rings. The Morgan fingerprint density at radius 3 is 0.882 bits per heavy atom. The van der Waals surface area contributed by atoms with Crippen LogP contribution in [-0.2, 0) is 38.3 Å². The van der Waals surface area contributed by atoms with Crippen LogP contribution in [-0.4, -0.2) is 68.4 Å². The number of esters is 2. The van der Waals surface area contributed by atoms with Crippen molar-refractivity contribution in [2.24, 2.45) is 11.8 Å². The number of nitrogens with zero attached hydrogens (tertiary/aromatic N) is 2. The molecule has 2 aliphatic rings.